The van der Waals surface area contributed by atoms with Gasteiger partial charge >= 0.3 is 11.9 Å². The maximum atomic E-state index is 12.3. The SMILES string of the molecule is CCOC(=O)C1=NN(c2ccc(C)cc2)[C@]2(S1)SC(C(=O)OC)=C(C)N2C. The highest BCUT2D eigenvalue weighted by atomic mass is 32.2. The Kier molecular flexibility index (Phi) is 5.43. The Morgan fingerprint density at radius 1 is 1.15 bits per heavy atom. The third-order valence-corrected chi connectivity index (χ3v) is 7.31. The molecule has 0 N–H and O–H groups in total. The van der Waals surface area contributed by atoms with Crippen LogP contribution in [0.4, 0.5) is 5.69 Å². The van der Waals surface area contributed by atoms with Crippen LogP contribution < -0.4 is 5.01 Å². The van der Waals surface area contributed by atoms with Crippen LogP contribution in [-0.4, -0.2) is 47.0 Å². The number of allylic oxidation sites excluding steroid dienone is 1. The van der Waals surface area contributed by atoms with E-state index in [4.69, 9.17) is 9.47 Å². The van der Waals surface area contributed by atoms with Crippen molar-refractivity contribution >= 4 is 46.2 Å². The molecule has 0 aromatic heterocycles. The topological polar surface area (TPSA) is 71.4 Å². The van der Waals surface area contributed by atoms with E-state index < -0.39 is 16.3 Å². The first-order valence-electron chi connectivity index (χ1n) is 8.37. The van der Waals surface area contributed by atoms with Gasteiger partial charge in [0.05, 0.1) is 19.4 Å². The van der Waals surface area contributed by atoms with Crippen molar-refractivity contribution in [1.29, 1.82) is 0 Å². The Morgan fingerprint density at radius 2 is 1.81 bits per heavy atom. The van der Waals surface area contributed by atoms with Gasteiger partial charge in [0.25, 0.3) is 0 Å². The molecule has 0 radical (unpaired) electrons. The molecule has 2 aliphatic rings. The van der Waals surface area contributed by atoms with Gasteiger partial charge < -0.3 is 14.4 Å². The number of hydrazone groups is 1. The molecule has 0 saturated carbocycles. The van der Waals surface area contributed by atoms with Gasteiger partial charge in [-0.25, -0.2) is 14.6 Å². The highest BCUT2D eigenvalue weighted by Crippen LogP contribution is 2.58. The Bertz CT molecular complexity index is 838. The number of hydrogen-bond donors (Lipinski definition) is 0. The lowest BCUT2D eigenvalue weighted by molar-refractivity contribution is -0.135. The number of benzene rings is 1. The lowest BCUT2D eigenvalue weighted by Crippen LogP contribution is -2.47. The van der Waals surface area contributed by atoms with Crippen LogP contribution >= 0.6 is 23.5 Å². The fourth-order valence-electron chi connectivity index (χ4n) is 2.72. The van der Waals surface area contributed by atoms with E-state index in [9.17, 15) is 9.59 Å². The summed E-state index contributed by atoms with van der Waals surface area (Å²) in [6.07, 6.45) is 0. The standard InChI is InChI=1S/C18H21N3O4S2/c1-6-25-17(23)15-19-21(13-9-7-11(2)8-10-13)18(27-15)20(4)12(3)14(26-18)16(22)24-5/h7-10H,6H2,1-5H3/t18-/m0/s1. The molecular weight excluding hydrogens is 386 g/mol. The summed E-state index contributed by atoms with van der Waals surface area (Å²) in [6, 6.07) is 7.84. The summed E-state index contributed by atoms with van der Waals surface area (Å²) in [6.45, 7) is 5.88. The van der Waals surface area contributed by atoms with Gasteiger partial charge in [-0.15, -0.1) is 0 Å². The molecule has 1 spiro atoms. The van der Waals surface area contributed by atoms with E-state index in [1.54, 1.807) is 11.9 Å². The van der Waals surface area contributed by atoms with E-state index in [1.807, 2.05) is 50.1 Å². The quantitative estimate of drug-likeness (QED) is 0.705. The van der Waals surface area contributed by atoms with Crippen molar-refractivity contribution < 1.29 is 19.1 Å². The molecule has 0 unspecified atom stereocenters. The molecule has 1 aromatic rings. The number of hydrogen-bond acceptors (Lipinski definition) is 9. The van der Waals surface area contributed by atoms with Crippen molar-refractivity contribution in [1.82, 2.24) is 4.90 Å². The predicted molar refractivity (Wildman–Crippen MR) is 108 cm³/mol. The average molecular weight is 408 g/mol. The van der Waals surface area contributed by atoms with Crippen LogP contribution in [0.15, 0.2) is 40.0 Å². The van der Waals surface area contributed by atoms with E-state index >= 15 is 0 Å². The third-order valence-electron chi connectivity index (χ3n) is 4.28. The second-order valence-corrected chi connectivity index (χ2v) is 8.59. The van der Waals surface area contributed by atoms with Gasteiger partial charge in [0, 0.05) is 12.7 Å². The Hall–Kier alpha value is -2.13. The first-order chi connectivity index (χ1) is 12.8. The summed E-state index contributed by atoms with van der Waals surface area (Å²) in [5, 5.41) is 6.55. The normalized spacial score (nSPS) is 21.7. The molecule has 0 fully saturated rings. The minimum Gasteiger partial charge on any atom is -0.465 e. The molecule has 7 nitrogen and oxygen atoms in total. The van der Waals surface area contributed by atoms with Crippen molar-refractivity contribution in [3.8, 4) is 0 Å². The summed E-state index contributed by atoms with van der Waals surface area (Å²) in [5.74, 6) is -0.884. The highest BCUT2D eigenvalue weighted by molar-refractivity contribution is 8.28. The highest BCUT2D eigenvalue weighted by Gasteiger charge is 2.56. The van der Waals surface area contributed by atoms with Gasteiger partial charge in [-0.05, 0) is 44.7 Å². The number of rotatable bonds is 4. The Morgan fingerprint density at radius 3 is 2.41 bits per heavy atom. The Balaban J connectivity index is 2.04. The number of carbonyl (C=O) groups is 2. The minimum atomic E-state index is -0.842. The molecule has 144 valence electrons. The smallest absolute Gasteiger partial charge is 0.365 e. The number of carbonyl (C=O) groups excluding carboxylic acids is 2. The van der Waals surface area contributed by atoms with Crippen molar-refractivity contribution in [3.05, 3.63) is 40.4 Å². The predicted octanol–water partition coefficient (Wildman–Crippen LogP) is 3.12. The van der Waals surface area contributed by atoms with Crippen LogP contribution in [0, 0.1) is 6.92 Å². The first-order valence-corrected chi connectivity index (χ1v) is 10.0. The minimum absolute atomic E-state index is 0.246. The van der Waals surface area contributed by atoms with Crippen molar-refractivity contribution in [3.63, 3.8) is 0 Å². The van der Waals surface area contributed by atoms with Crippen molar-refractivity contribution in [2.45, 2.75) is 25.1 Å². The number of anilines is 1. The van der Waals surface area contributed by atoms with Gasteiger partial charge in [-0.3, -0.25) is 0 Å². The molecule has 2 heterocycles. The van der Waals surface area contributed by atoms with Gasteiger partial charge in [-0.2, -0.15) is 5.10 Å². The maximum absolute atomic E-state index is 12.3. The van der Waals surface area contributed by atoms with E-state index in [2.05, 4.69) is 5.10 Å². The summed E-state index contributed by atoms with van der Waals surface area (Å²) in [7, 11) is 3.23. The van der Waals surface area contributed by atoms with Gasteiger partial charge in [-0.1, -0.05) is 29.5 Å². The molecule has 1 atom stereocenters. The van der Waals surface area contributed by atoms with Crippen molar-refractivity contribution in [2.24, 2.45) is 5.10 Å². The molecule has 9 heteroatoms. The molecule has 1 aromatic carbocycles. The molecule has 27 heavy (non-hydrogen) atoms. The molecular formula is C18H21N3O4S2. The molecule has 0 amide bonds. The number of aryl methyl sites for hydroxylation is 1. The van der Waals surface area contributed by atoms with Crippen LogP contribution in [0.5, 0.6) is 0 Å². The first kappa shape index (κ1) is 19.6. The number of nitrogens with zero attached hydrogens (tertiary/aromatic N) is 3. The maximum Gasteiger partial charge on any atom is 0.365 e. The number of esters is 2. The summed E-state index contributed by atoms with van der Waals surface area (Å²) >= 11 is 2.57. The summed E-state index contributed by atoms with van der Waals surface area (Å²) in [5.41, 5.74) is 2.69. The van der Waals surface area contributed by atoms with Crippen LogP contribution in [-0.2, 0) is 19.1 Å². The lowest BCUT2D eigenvalue weighted by Gasteiger charge is -2.39. The van der Waals surface area contributed by atoms with Crippen LogP contribution in [0.25, 0.3) is 0 Å². The number of thioether (sulfide) groups is 2. The second kappa shape index (κ2) is 7.47. The molecule has 3 rings (SSSR count). The zero-order chi connectivity index (χ0) is 19.8. The van der Waals surface area contributed by atoms with Gasteiger partial charge in [0.2, 0.25) is 9.37 Å². The fraction of sp³-hybridized carbons (Fsp3) is 0.389. The zero-order valence-electron chi connectivity index (χ0n) is 15.8. The molecule has 0 aliphatic carbocycles. The third kappa shape index (κ3) is 3.29. The summed E-state index contributed by atoms with van der Waals surface area (Å²) in [4.78, 5) is 27.0. The van der Waals surface area contributed by atoms with Crippen LogP contribution in [0.2, 0.25) is 0 Å². The van der Waals surface area contributed by atoms with Crippen LogP contribution in [0.3, 0.4) is 0 Å². The number of ether oxygens (including phenoxy) is 2. The zero-order valence-corrected chi connectivity index (χ0v) is 17.4. The second-order valence-electron chi connectivity index (χ2n) is 5.99. The largest absolute Gasteiger partial charge is 0.465 e. The lowest BCUT2D eigenvalue weighted by atomic mass is 10.2. The molecule has 0 bridgehead atoms. The summed E-state index contributed by atoms with van der Waals surface area (Å²) < 4.78 is 9.22. The molecule has 2 aliphatic heterocycles. The van der Waals surface area contributed by atoms with Gasteiger partial charge in [0.15, 0.2) is 0 Å². The number of methoxy groups -OCH3 is 1. The monoisotopic (exact) mass is 407 g/mol. The van der Waals surface area contributed by atoms with E-state index in [0.29, 0.717) is 4.91 Å². The Labute approximate surface area is 166 Å². The van der Waals surface area contributed by atoms with E-state index in [0.717, 1.165) is 16.9 Å². The fourth-order valence-corrected chi connectivity index (χ4v) is 5.62. The van der Waals surface area contributed by atoms with Gasteiger partial charge in [0.1, 0.15) is 4.91 Å². The van der Waals surface area contributed by atoms with Crippen LogP contribution in [0.1, 0.15) is 19.4 Å². The van der Waals surface area contributed by atoms with Crippen molar-refractivity contribution in [2.75, 3.05) is 25.8 Å². The van der Waals surface area contributed by atoms with E-state index in [1.165, 1.54) is 30.6 Å². The average Bonchev–Trinajstić information content (AvgIpc) is 3.16. The molecule has 0 saturated heterocycles. The van der Waals surface area contributed by atoms with E-state index in [-0.39, 0.29) is 11.7 Å².